The Morgan fingerprint density at radius 1 is 1.23 bits per heavy atom. The van der Waals surface area contributed by atoms with Crippen LogP contribution in [-0.4, -0.2) is 29.4 Å². The molecular weight excluding hydrogens is 300 g/mol. The Hall–Kier alpha value is -3.57. The molecule has 0 amide bonds. The zero-order valence-electron chi connectivity index (χ0n) is 10.8. The number of nitrogens with zero attached hydrogens (tertiary/aromatic N) is 5. The lowest BCUT2D eigenvalue weighted by Crippen LogP contribution is -2.20. The first-order valence-corrected chi connectivity index (χ1v) is 5.77. The van der Waals surface area contributed by atoms with Gasteiger partial charge in [0, 0.05) is 0 Å². The summed E-state index contributed by atoms with van der Waals surface area (Å²) in [7, 11) is 0. The fourth-order valence-electron chi connectivity index (χ4n) is 1.88. The Morgan fingerprint density at radius 2 is 1.95 bits per heavy atom. The number of aryl methyl sites for hydroxylation is 1. The smallest absolute Gasteiger partial charge is 0.397 e. The minimum absolute atomic E-state index is 0.00286. The van der Waals surface area contributed by atoms with Gasteiger partial charge in [0.1, 0.15) is 10.6 Å². The van der Waals surface area contributed by atoms with E-state index in [1.807, 2.05) is 0 Å². The van der Waals surface area contributed by atoms with Crippen LogP contribution in [0.4, 0.5) is 11.6 Å². The summed E-state index contributed by atoms with van der Waals surface area (Å²) < 4.78 is 5.71. The molecule has 12 nitrogen and oxygen atoms in total. The summed E-state index contributed by atoms with van der Waals surface area (Å²) in [6, 6.07) is 2.40. The number of hydrogen-bond acceptors (Lipinski definition) is 8. The summed E-state index contributed by atoms with van der Waals surface area (Å²) in [5.74, 6) is -0.630. The van der Waals surface area contributed by atoms with Gasteiger partial charge < -0.3 is 4.42 Å². The standard InChI is InChI=1S/C10H6N6O6/c1-4-7(16(20)21)9(17)14-10(11-4)12-8(13-14)5-2-3-6(22-5)15(18)19/h2-3H,1H3,(H,11,12,13). The second kappa shape index (κ2) is 4.47. The molecule has 3 heterocycles. The first-order valence-electron chi connectivity index (χ1n) is 5.77. The zero-order chi connectivity index (χ0) is 16.0. The molecule has 0 aliphatic carbocycles. The van der Waals surface area contributed by atoms with E-state index in [4.69, 9.17) is 4.42 Å². The van der Waals surface area contributed by atoms with Crippen molar-refractivity contribution in [3.05, 3.63) is 48.4 Å². The van der Waals surface area contributed by atoms with E-state index < -0.39 is 27.0 Å². The normalized spacial score (nSPS) is 11.0. The molecule has 0 spiro atoms. The van der Waals surface area contributed by atoms with Crippen LogP contribution in [-0.2, 0) is 0 Å². The van der Waals surface area contributed by atoms with Crippen molar-refractivity contribution in [2.24, 2.45) is 0 Å². The molecule has 112 valence electrons. The second-order valence-electron chi connectivity index (χ2n) is 4.21. The molecule has 3 aromatic rings. The average molecular weight is 306 g/mol. The number of nitro groups is 2. The molecule has 12 heteroatoms. The van der Waals surface area contributed by atoms with E-state index in [0.29, 0.717) is 0 Å². The molecule has 0 bridgehead atoms. The van der Waals surface area contributed by atoms with Crippen LogP contribution in [0.1, 0.15) is 5.69 Å². The fraction of sp³-hybridized carbons (Fsp3) is 0.100. The number of aromatic nitrogens is 4. The first kappa shape index (κ1) is 13.4. The fourth-order valence-corrected chi connectivity index (χ4v) is 1.88. The van der Waals surface area contributed by atoms with Gasteiger partial charge in [-0.3, -0.25) is 30.1 Å². The molecule has 0 saturated carbocycles. The quantitative estimate of drug-likeness (QED) is 0.548. The Kier molecular flexibility index (Phi) is 2.73. The average Bonchev–Trinajstić information content (AvgIpc) is 3.03. The molecule has 0 atom stereocenters. The molecule has 0 aliphatic rings. The Balaban J connectivity index is 2.21. The van der Waals surface area contributed by atoms with Gasteiger partial charge in [-0.2, -0.15) is 9.50 Å². The van der Waals surface area contributed by atoms with Gasteiger partial charge >= 0.3 is 17.1 Å². The number of fused-ring (bicyclic) bond motifs is 1. The summed E-state index contributed by atoms with van der Waals surface area (Å²) >= 11 is 0. The summed E-state index contributed by atoms with van der Waals surface area (Å²) in [5.41, 5.74) is -1.70. The van der Waals surface area contributed by atoms with E-state index in [0.717, 1.165) is 10.6 Å². The summed E-state index contributed by atoms with van der Waals surface area (Å²) in [5, 5.41) is 23.9. The highest BCUT2D eigenvalue weighted by Gasteiger charge is 2.23. The van der Waals surface area contributed by atoms with Gasteiger partial charge in [0.25, 0.3) is 5.78 Å². The van der Waals surface area contributed by atoms with Crippen LogP contribution in [0.3, 0.4) is 0 Å². The molecule has 0 radical (unpaired) electrons. The molecular formula is C10H6N6O6. The van der Waals surface area contributed by atoms with E-state index in [1.54, 1.807) is 0 Å². The van der Waals surface area contributed by atoms with Crippen LogP contribution in [0.15, 0.2) is 21.3 Å². The van der Waals surface area contributed by atoms with Crippen LogP contribution < -0.4 is 5.56 Å². The van der Waals surface area contributed by atoms with Crippen molar-refractivity contribution < 1.29 is 14.3 Å². The van der Waals surface area contributed by atoms with Gasteiger partial charge in [-0.1, -0.05) is 0 Å². The predicted octanol–water partition coefficient (Wildman–Crippen LogP) is 0.802. The highest BCUT2D eigenvalue weighted by Crippen LogP contribution is 2.23. The van der Waals surface area contributed by atoms with Crippen LogP contribution in [0.5, 0.6) is 0 Å². The number of aromatic amines is 1. The number of rotatable bonds is 3. The van der Waals surface area contributed by atoms with Gasteiger partial charge in [0.2, 0.25) is 0 Å². The van der Waals surface area contributed by atoms with Crippen LogP contribution in [0, 0.1) is 27.2 Å². The maximum Gasteiger partial charge on any atom is 0.433 e. The van der Waals surface area contributed by atoms with E-state index in [9.17, 15) is 25.0 Å². The van der Waals surface area contributed by atoms with Crippen molar-refractivity contribution in [3.8, 4) is 11.6 Å². The molecule has 0 aliphatic heterocycles. The molecule has 0 aromatic carbocycles. The van der Waals surface area contributed by atoms with Crippen molar-refractivity contribution in [1.82, 2.24) is 19.6 Å². The second-order valence-corrected chi connectivity index (χ2v) is 4.21. The molecule has 0 unspecified atom stereocenters. The van der Waals surface area contributed by atoms with Crippen molar-refractivity contribution >= 4 is 17.3 Å². The third kappa shape index (κ3) is 1.90. The van der Waals surface area contributed by atoms with Gasteiger partial charge in [-0.05, 0) is 13.0 Å². The van der Waals surface area contributed by atoms with Crippen molar-refractivity contribution in [3.63, 3.8) is 0 Å². The molecule has 0 fully saturated rings. The third-order valence-corrected chi connectivity index (χ3v) is 2.83. The minimum atomic E-state index is -0.938. The maximum atomic E-state index is 12.0. The number of nitrogens with one attached hydrogen (secondary N) is 1. The monoisotopic (exact) mass is 306 g/mol. The van der Waals surface area contributed by atoms with Crippen molar-refractivity contribution in [2.75, 3.05) is 0 Å². The number of furan rings is 1. The van der Waals surface area contributed by atoms with Gasteiger partial charge in [-0.25, -0.2) is 4.98 Å². The van der Waals surface area contributed by atoms with E-state index in [-0.39, 0.29) is 23.1 Å². The topological polar surface area (TPSA) is 162 Å². The minimum Gasteiger partial charge on any atom is -0.397 e. The molecule has 3 aromatic heterocycles. The van der Waals surface area contributed by atoms with Crippen molar-refractivity contribution in [1.29, 1.82) is 0 Å². The van der Waals surface area contributed by atoms with E-state index in [2.05, 4.69) is 15.1 Å². The first-order chi connectivity index (χ1) is 10.4. The Labute approximate surface area is 119 Å². The largest absolute Gasteiger partial charge is 0.433 e. The lowest BCUT2D eigenvalue weighted by Gasteiger charge is -1.95. The van der Waals surface area contributed by atoms with Crippen LogP contribution in [0.25, 0.3) is 17.4 Å². The van der Waals surface area contributed by atoms with Gasteiger partial charge in [0.15, 0.2) is 11.6 Å². The highest BCUT2D eigenvalue weighted by molar-refractivity contribution is 5.52. The van der Waals surface area contributed by atoms with Gasteiger partial charge in [0.05, 0.1) is 11.0 Å². The van der Waals surface area contributed by atoms with Gasteiger partial charge in [-0.15, -0.1) is 0 Å². The lowest BCUT2D eigenvalue weighted by atomic mass is 10.4. The molecule has 22 heavy (non-hydrogen) atoms. The third-order valence-electron chi connectivity index (χ3n) is 2.83. The van der Waals surface area contributed by atoms with Crippen molar-refractivity contribution in [2.45, 2.75) is 6.92 Å². The van der Waals surface area contributed by atoms with Crippen LogP contribution in [0.2, 0.25) is 0 Å². The molecule has 3 rings (SSSR count). The maximum absolute atomic E-state index is 12.0. The van der Waals surface area contributed by atoms with E-state index in [1.165, 1.54) is 13.0 Å². The molecule has 0 saturated heterocycles. The molecule has 1 N–H and O–H groups in total. The van der Waals surface area contributed by atoms with E-state index >= 15 is 0 Å². The zero-order valence-corrected chi connectivity index (χ0v) is 10.8. The van der Waals surface area contributed by atoms with Crippen LogP contribution >= 0.6 is 0 Å². The summed E-state index contributed by atoms with van der Waals surface area (Å²) in [6.07, 6.45) is 0. The summed E-state index contributed by atoms with van der Waals surface area (Å²) in [6.45, 7) is 1.31. The Morgan fingerprint density at radius 3 is 2.55 bits per heavy atom. The number of H-pyrrole nitrogens is 1. The predicted molar refractivity (Wildman–Crippen MR) is 69.4 cm³/mol. The lowest BCUT2D eigenvalue weighted by molar-refractivity contribution is -0.401. The highest BCUT2D eigenvalue weighted by atomic mass is 16.6. The SMILES string of the molecule is Cc1nc2nc(-c3ccc([N+](=O)[O-])o3)[nH]n2c(=O)c1[N+](=O)[O-]. The summed E-state index contributed by atoms with van der Waals surface area (Å²) in [4.78, 5) is 39.7. The number of hydrogen-bond donors (Lipinski definition) is 1. The Bertz CT molecular complexity index is 982.